The number of hydrogen-bond acceptors (Lipinski definition) is 5. The molecule has 11 heteroatoms. The largest absolute Gasteiger partial charge is 0.776 e. The smallest absolute Gasteiger partial charge is 0.372 e. The summed E-state index contributed by atoms with van der Waals surface area (Å²) < 4.78 is 23.5. The van der Waals surface area contributed by atoms with E-state index in [9.17, 15) is 19.1 Å². The predicted molar refractivity (Wildman–Crippen MR) is 76.7 cm³/mol. The van der Waals surface area contributed by atoms with Crippen LogP contribution in [-0.2, 0) is 15.7 Å². The Kier molecular flexibility index (Phi) is 4.84. The molecule has 0 bridgehead atoms. The van der Waals surface area contributed by atoms with Crippen molar-refractivity contribution in [3.63, 3.8) is 0 Å². The maximum absolute atomic E-state index is 11.3. The minimum Gasteiger partial charge on any atom is -0.776 e. The quantitative estimate of drug-likeness (QED) is 0.407. The Morgan fingerprint density at radius 3 is 1.96 bits per heavy atom. The van der Waals surface area contributed by atoms with Crippen LogP contribution in [0.1, 0.15) is 0 Å². The Hall–Kier alpha value is -1.44. The Morgan fingerprint density at radius 1 is 1.04 bits per heavy atom. The molecule has 0 saturated heterocycles. The van der Waals surface area contributed by atoms with E-state index >= 15 is 0 Å². The van der Waals surface area contributed by atoms with Crippen molar-refractivity contribution < 1.29 is 38.4 Å². The van der Waals surface area contributed by atoms with Crippen LogP contribution in [-0.4, -0.2) is 29.9 Å². The zero-order chi connectivity index (χ0) is 17.3. The molecule has 0 aliphatic heterocycles. The van der Waals surface area contributed by atoms with E-state index in [0.29, 0.717) is 0 Å². The predicted octanol–water partition coefficient (Wildman–Crippen LogP) is -0.594. The number of hydrogen-bond donors (Lipinski definition) is 4. The van der Waals surface area contributed by atoms with Crippen LogP contribution in [0.5, 0.6) is 0 Å². The van der Waals surface area contributed by atoms with Gasteiger partial charge < -0.3 is 29.2 Å². The van der Waals surface area contributed by atoms with Crippen LogP contribution < -0.4 is 9.46 Å². The number of rotatable bonds is 5. The normalized spacial score (nSPS) is 17.3. The summed E-state index contributed by atoms with van der Waals surface area (Å²) in [5.74, 6) is 0. The van der Waals surface area contributed by atoms with Gasteiger partial charge in [0, 0.05) is 24.5 Å². The lowest BCUT2D eigenvalue weighted by molar-refractivity contribution is -0.703. The van der Waals surface area contributed by atoms with E-state index in [4.69, 9.17) is 14.7 Å². The maximum Gasteiger partial charge on any atom is 0.372 e. The summed E-state index contributed by atoms with van der Waals surface area (Å²) >= 11 is 0. The standard InChI is InChI=1S/C12H14N2O7P2/c15-12(22(16,17)18,23(19,20)21)9-14-7-3-11(4-8-14)10-1-5-13-6-2-10/h1-8,15H,9H2,(H3-,16,17,18,19,20,21). The van der Waals surface area contributed by atoms with E-state index in [1.54, 1.807) is 36.7 Å². The first-order valence-electron chi connectivity index (χ1n) is 6.26. The van der Waals surface area contributed by atoms with E-state index in [1.165, 1.54) is 12.4 Å². The van der Waals surface area contributed by atoms with Gasteiger partial charge in [0.25, 0.3) is 5.08 Å². The lowest BCUT2D eigenvalue weighted by Crippen LogP contribution is -2.48. The van der Waals surface area contributed by atoms with Crippen LogP contribution >= 0.6 is 15.2 Å². The minimum absolute atomic E-state index is 0.748. The average molecular weight is 360 g/mol. The maximum atomic E-state index is 11.3. The lowest BCUT2D eigenvalue weighted by atomic mass is 10.1. The second-order valence-electron chi connectivity index (χ2n) is 4.83. The molecule has 0 amide bonds. The number of aromatic nitrogens is 2. The summed E-state index contributed by atoms with van der Waals surface area (Å²) in [6.45, 7) is -1.02. The van der Waals surface area contributed by atoms with Gasteiger partial charge in [0.2, 0.25) is 0 Å². The molecule has 0 saturated carbocycles. The Balaban J connectivity index is 2.33. The number of pyridine rings is 2. The first-order chi connectivity index (χ1) is 10.5. The van der Waals surface area contributed by atoms with E-state index in [1.807, 2.05) is 0 Å². The Morgan fingerprint density at radius 2 is 1.52 bits per heavy atom. The molecule has 9 nitrogen and oxygen atoms in total. The van der Waals surface area contributed by atoms with Gasteiger partial charge in [-0.25, -0.2) is 4.57 Å². The van der Waals surface area contributed by atoms with Gasteiger partial charge in [-0.2, -0.15) is 0 Å². The van der Waals surface area contributed by atoms with Gasteiger partial charge in [0.05, 0.1) is 0 Å². The Bertz CT molecular complexity index is 748. The van der Waals surface area contributed by atoms with Crippen LogP contribution in [0.25, 0.3) is 11.1 Å². The summed E-state index contributed by atoms with van der Waals surface area (Å²) in [6.07, 6.45) is 5.82. The molecule has 2 aromatic rings. The Labute approximate surface area is 131 Å². The molecule has 0 aromatic carbocycles. The number of aliphatic hydroxyl groups is 1. The van der Waals surface area contributed by atoms with E-state index < -0.39 is 26.8 Å². The third kappa shape index (κ3) is 3.73. The van der Waals surface area contributed by atoms with Crippen LogP contribution in [0, 0.1) is 0 Å². The molecule has 0 fully saturated rings. The highest BCUT2D eigenvalue weighted by Crippen LogP contribution is 2.65. The summed E-state index contributed by atoms with van der Waals surface area (Å²) in [7, 11) is -11.3. The molecule has 23 heavy (non-hydrogen) atoms. The molecule has 0 spiro atoms. The van der Waals surface area contributed by atoms with Crippen molar-refractivity contribution in [3.05, 3.63) is 49.1 Å². The summed E-state index contributed by atoms with van der Waals surface area (Å²) in [5, 5.41) is 6.21. The van der Waals surface area contributed by atoms with E-state index in [2.05, 4.69) is 4.98 Å². The average Bonchev–Trinajstić information content (AvgIpc) is 2.46. The second-order valence-corrected chi connectivity index (χ2v) is 8.80. The molecule has 2 rings (SSSR count). The highest BCUT2D eigenvalue weighted by atomic mass is 31.2. The van der Waals surface area contributed by atoms with Crippen LogP contribution in [0.4, 0.5) is 0 Å². The van der Waals surface area contributed by atoms with E-state index in [0.717, 1.165) is 15.7 Å². The molecule has 0 radical (unpaired) electrons. The van der Waals surface area contributed by atoms with Gasteiger partial charge in [-0.15, -0.1) is 0 Å². The lowest BCUT2D eigenvalue weighted by Gasteiger charge is -2.33. The highest BCUT2D eigenvalue weighted by Gasteiger charge is 2.57. The summed E-state index contributed by atoms with van der Waals surface area (Å²) in [4.78, 5) is 42.2. The van der Waals surface area contributed by atoms with Crippen molar-refractivity contribution in [1.82, 2.24) is 4.98 Å². The highest BCUT2D eigenvalue weighted by molar-refractivity contribution is 7.71. The molecule has 0 aliphatic carbocycles. The monoisotopic (exact) mass is 360 g/mol. The van der Waals surface area contributed by atoms with Crippen molar-refractivity contribution in [2.24, 2.45) is 0 Å². The molecular formula is C12H14N2O7P2. The minimum atomic E-state index is -5.73. The molecule has 0 aliphatic rings. The second kappa shape index (κ2) is 6.22. The molecule has 2 aromatic heterocycles. The molecule has 2 atom stereocenters. The topological polar surface area (TPSA) is 155 Å². The van der Waals surface area contributed by atoms with Gasteiger partial charge in [-0.1, -0.05) is 0 Å². The first kappa shape index (κ1) is 17.9. The molecule has 2 heterocycles. The SMILES string of the molecule is O=P([O-])(O)C(O)(C[n+]1ccc(-c2ccncc2)cc1)P(=O)(O)O. The molecular weight excluding hydrogens is 346 g/mol. The first-order valence-corrected chi connectivity index (χ1v) is 9.45. The number of nitrogens with zero attached hydrogens (tertiary/aromatic N) is 2. The summed E-state index contributed by atoms with van der Waals surface area (Å²) in [6, 6.07) is 6.60. The zero-order valence-corrected chi connectivity index (χ0v) is 13.4. The van der Waals surface area contributed by atoms with Crippen molar-refractivity contribution in [3.8, 4) is 11.1 Å². The molecule has 124 valence electrons. The molecule has 2 unspecified atom stereocenters. The van der Waals surface area contributed by atoms with Gasteiger partial charge in [-0.3, -0.25) is 9.55 Å². The van der Waals surface area contributed by atoms with Crippen molar-refractivity contribution >= 4 is 15.2 Å². The fraction of sp³-hybridized carbons (Fsp3) is 0.167. The fourth-order valence-electron chi connectivity index (χ4n) is 1.89. The van der Waals surface area contributed by atoms with Crippen LogP contribution in [0.3, 0.4) is 0 Å². The summed E-state index contributed by atoms with van der Waals surface area (Å²) in [5.41, 5.74) is 1.58. The zero-order valence-electron chi connectivity index (χ0n) is 11.6. The fourth-order valence-corrected chi connectivity index (χ4v) is 3.90. The van der Waals surface area contributed by atoms with Gasteiger partial charge in [0.15, 0.2) is 26.5 Å². The van der Waals surface area contributed by atoms with Gasteiger partial charge >= 0.3 is 7.60 Å². The van der Waals surface area contributed by atoms with E-state index in [-0.39, 0.29) is 0 Å². The molecule has 4 N–H and O–H groups in total. The van der Waals surface area contributed by atoms with Gasteiger partial charge in [-0.05, 0) is 23.3 Å². The third-order valence-electron chi connectivity index (χ3n) is 3.22. The van der Waals surface area contributed by atoms with Crippen molar-refractivity contribution in [1.29, 1.82) is 0 Å². The van der Waals surface area contributed by atoms with Gasteiger partial charge in [0.1, 0.15) is 0 Å². The van der Waals surface area contributed by atoms with Crippen molar-refractivity contribution in [2.75, 3.05) is 0 Å². The van der Waals surface area contributed by atoms with Crippen LogP contribution in [0.15, 0.2) is 49.1 Å². The third-order valence-corrected chi connectivity index (χ3v) is 6.88. The van der Waals surface area contributed by atoms with Crippen LogP contribution in [0.2, 0.25) is 0 Å². The van der Waals surface area contributed by atoms with Crippen molar-refractivity contribution in [2.45, 2.75) is 11.6 Å².